The lowest BCUT2D eigenvalue weighted by Crippen LogP contribution is -2.46. The van der Waals surface area contributed by atoms with Gasteiger partial charge in [0, 0.05) is 6.54 Å². The van der Waals surface area contributed by atoms with Crippen molar-refractivity contribution in [3.05, 3.63) is 35.4 Å². The van der Waals surface area contributed by atoms with Crippen molar-refractivity contribution in [2.75, 3.05) is 6.54 Å². The Bertz CT molecular complexity index is 367. The van der Waals surface area contributed by atoms with Gasteiger partial charge in [0.25, 0.3) is 0 Å². The van der Waals surface area contributed by atoms with Crippen LogP contribution in [-0.4, -0.2) is 11.7 Å². The lowest BCUT2D eigenvalue weighted by molar-refractivity contribution is -0.0557. The SMILES string of the molecule is CCCc1cccc(C(O)(CN)C(C)(C)C)c1. The van der Waals surface area contributed by atoms with Gasteiger partial charge < -0.3 is 10.8 Å². The molecule has 0 bridgehead atoms. The van der Waals surface area contributed by atoms with Gasteiger partial charge in [-0.15, -0.1) is 0 Å². The summed E-state index contributed by atoms with van der Waals surface area (Å²) in [6.07, 6.45) is 2.15. The minimum Gasteiger partial charge on any atom is -0.383 e. The smallest absolute Gasteiger partial charge is 0.107 e. The molecule has 0 aliphatic rings. The highest BCUT2D eigenvalue weighted by Gasteiger charge is 2.40. The van der Waals surface area contributed by atoms with Crippen molar-refractivity contribution in [3.63, 3.8) is 0 Å². The minimum absolute atomic E-state index is 0.242. The van der Waals surface area contributed by atoms with Gasteiger partial charge in [-0.2, -0.15) is 0 Å². The molecule has 0 aromatic heterocycles. The average Bonchev–Trinajstić information content (AvgIpc) is 2.27. The first-order chi connectivity index (χ1) is 7.85. The molecule has 17 heavy (non-hydrogen) atoms. The van der Waals surface area contributed by atoms with Crippen molar-refractivity contribution in [2.24, 2.45) is 11.1 Å². The van der Waals surface area contributed by atoms with Gasteiger partial charge >= 0.3 is 0 Å². The number of rotatable bonds is 4. The highest BCUT2D eigenvalue weighted by Crippen LogP contribution is 2.38. The summed E-state index contributed by atoms with van der Waals surface area (Å²) in [5.74, 6) is 0. The summed E-state index contributed by atoms with van der Waals surface area (Å²) in [5.41, 5.74) is 6.76. The molecule has 0 radical (unpaired) electrons. The predicted octanol–water partition coefficient (Wildman–Crippen LogP) is 2.83. The fraction of sp³-hybridized carbons (Fsp3) is 0.600. The van der Waals surface area contributed by atoms with E-state index in [1.54, 1.807) is 0 Å². The van der Waals surface area contributed by atoms with Crippen LogP contribution in [0.1, 0.15) is 45.2 Å². The van der Waals surface area contributed by atoms with Gasteiger partial charge in [0.05, 0.1) is 0 Å². The molecule has 1 aromatic rings. The molecule has 0 spiro atoms. The van der Waals surface area contributed by atoms with Crippen LogP contribution in [0.15, 0.2) is 24.3 Å². The zero-order valence-electron chi connectivity index (χ0n) is 11.5. The van der Waals surface area contributed by atoms with E-state index in [2.05, 4.69) is 19.1 Å². The van der Waals surface area contributed by atoms with Crippen LogP contribution in [-0.2, 0) is 12.0 Å². The van der Waals surface area contributed by atoms with E-state index in [0.717, 1.165) is 18.4 Å². The highest BCUT2D eigenvalue weighted by atomic mass is 16.3. The molecule has 0 amide bonds. The maximum Gasteiger partial charge on any atom is 0.107 e. The monoisotopic (exact) mass is 235 g/mol. The van der Waals surface area contributed by atoms with Gasteiger partial charge in [0.2, 0.25) is 0 Å². The Hall–Kier alpha value is -0.860. The number of aliphatic hydroxyl groups is 1. The minimum atomic E-state index is -0.962. The van der Waals surface area contributed by atoms with Crippen LogP contribution in [0.25, 0.3) is 0 Å². The summed E-state index contributed by atoms with van der Waals surface area (Å²) in [6, 6.07) is 8.16. The lowest BCUT2D eigenvalue weighted by Gasteiger charge is -2.40. The van der Waals surface area contributed by atoms with Gasteiger partial charge in [-0.3, -0.25) is 0 Å². The fourth-order valence-electron chi connectivity index (χ4n) is 2.13. The third-order valence-corrected chi connectivity index (χ3v) is 3.48. The van der Waals surface area contributed by atoms with E-state index in [0.29, 0.717) is 0 Å². The van der Waals surface area contributed by atoms with Gasteiger partial charge in [0.1, 0.15) is 5.60 Å². The Morgan fingerprint density at radius 3 is 2.35 bits per heavy atom. The van der Waals surface area contributed by atoms with E-state index in [1.807, 2.05) is 32.9 Å². The third kappa shape index (κ3) is 2.88. The molecular weight excluding hydrogens is 210 g/mol. The first-order valence-corrected chi connectivity index (χ1v) is 6.37. The zero-order valence-corrected chi connectivity index (χ0v) is 11.5. The number of benzene rings is 1. The van der Waals surface area contributed by atoms with Crippen LogP contribution in [0.5, 0.6) is 0 Å². The third-order valence-electron chi connectivity index (χ3n) is 3.48. The average molecular weight is 235 g/mol. The second-order valence-electron chi connectivity index (χ2n) is 5.76. The molecule has 1 aromatic carbocycles. The van der Waals surface area contributed by atoms with Crippen LogP contribution in [0, 0.1) is 5.41 Å². The highest BCUT2D eigenvalue weighted by molar-refractivity contribution is 5.30. The van der Waals surface area contributed by atoms with Gasteiger partial charge in [0.15, 0.2) is 0 Å². The maximum absolute atomic E-state index is 10.8. The molecule has 3 N–H and O–H groups in total. The van der Waals surface area contributed by atoms with Crippen LogP contribution >= 0.6 is 0 Å². The van der Waals surface area contributed by atoms with Crippen LogP contribution in [0.4, 0.5) is 0 Å². The second-order valence-corrected chi connectivity index (χ2v) is 5.76. The summed E-state index contributed by atoms with van der Waals surface area (Å²) in [5, 5.41) is 10.8. The van der Waals surface area contributed by atoms with E-state index in [1.165, 1.54) is 5.56 Å². The van der Waals surface area contributed by atoms with Crippen molar-refractivity contribution in [2.45, 2.75) is 46.1 Å². The molecule has 0 aliphatic heterocycles. The molecule has 0 fully saturated rings. The number of hydrogen-bond donors (Lipinski definition) is 2. The number of nitrogens with two attached hydrogens (primary N) is 1. The fourth-order valence-corrected chi connectivity index (χ4v) is 2.13. The van der Waals surface area contributed by atoms with Crippen LogP contribution in [0.3, 0.4) is 0 Å². The summed E-state index contributed by atoms with van der Waals surface area (Å²) in [6.45, 7) is 8.46. The molecule has 1 rings (SSSR count). The van der Waals surface area contributed by atoms with Crippen molar-refractivity contribution < 1.29 is 5.11 Å². The molecule has 0 saturated carbocycles. The Kier molecular flexibility index (Phi) is 4.34. The molecule has 0 saturated heterocycles. The summed E-state index contributed by atoms with van der Waals surface area (Å²) < 4.78 is 0. The van der Waals surface area contributed by atoms with Gasteiger partial charge in [-0.05, 0) is 23.0 Å². The molecule has 96 valence electrons. The molecule has 2 heteroatoms. The molecule has 2 nitrogen and oxygen atoms in total. The van der Waals surface area contributed by atoms with Crippen molar-refractivity contribution in [1.29, 1.82) is 0 Å². The summed E-state index contributed by atoms with van der Waals surface area (Å²) in [4.78, 5) is 0. The zero-order chi connectivity index (χ0) is 13.1. The molecule has 0 heterocycles. The Balaban J connectivity index is 3.16. The van der Waals surface area contributed by atoms with Crippen molar-refractivity contribution >= 4 is 0 Å². The van der Waals surface area contributed by atoms with Crippen LogP contribution < -0.4 is 5.73 Å². The molecular formula is C15H25NO. The predicted molar refractivity (Wildman–Crippen MR) is 72.8 cm³/mol. The Morgan fingerprint density at radius 1 is 1.24 bits per heavy atom. The first-order valence-electron chi connectivity index (χ1n) is 6.37. The normalized spacial score (nSPS) is 15.6. The topological polar surface area (TPSA) is 46.2 Å². The largest absolute Gasteiger partial charge is 0.383 e. The van der Waals surface area contributed by atoms with Gasteiger partial charge in [-0.25, -0.2) is 0 Å². The quantitative estimate of drug-likeness (QED) is 0.843. The number of aryl methyl sites for hydroxylation is 1. The van der Waals surface area contributed by atoms with Crippen molar-refractivity contribution in [3.8, 4) is 0 Å². The Morgan fingerprint density at radius 2 is 1.88 bits per heavy atom. The first kappa shape index (κ1) is 14.2. The molecule has 0 aliphatic carbocycles. The van der Waals surface area contributed by atoms with Gasteiger partial charge in [-0.1, -0.05) is 58.4 Å². The lowest BCUT2D eigenvalue weighted by atomic mass is 9.72. The number of hydrogen-bond acceptors (Lipinski definition) is 2. The van der Waals surface area contributed by atoms with E-state index in [9.17, 15) is 5.11 Å². The van der Waals surface area contributed by atoms with E-state index < -0.39 is 5.60 Å². The summed E-state index contributed by atoms with van der Waals surface area (Å²) in [7, 11) is 0. The standard InChI is InChI=1S/C15H25NO/c1-5-7-12-8-6-9-13(10-12)15(17,11-16)14(2,3)4/h6,8-10,17H,5,7,11,16H2,1-4H3. The molecule has 1 atom stereocenters. The Labute approximate surface area is 105 Å². The maximum atomic E-state index is 10.8. The second kappa shape index (κ2) is 5.19. The van der Waals surface area contributed by atoms with E-state index in [-0.39, 0.29) is 12.0 Å². The van der Waals surface area contributed by atoms with Crippen molar-refractivity contribution in [1.82, 2.24) is 0 Å². The van der Waals surface area contributed by atoms with Crippen LogP contribution in [0.2, 0.25) is 0 Å². The van der Waals surface area contributed by atoms with E-state index in [4.69, 9.17) is 5.73 Å². The molecule has 1 unspecified atom stereocenters. The van der Waals surface area contributed by atoms with E-state index >= 15 is 0 Å². The summed E-state index contributed by atoms with van der Waals surface area (Å²) >= 11 is 0.